The summed E-state index contributed by atoms with van der Waals surface area (Å²) in [5.74, 6) is 0.0772. The highest BCUT2D eigenvalue weighted by Crippen LogP contribution is 2.22. The molecule has 0 radical (unpaired) electrons. The fraction of sp³-hybridized carbons (Fsp3) is 0.0714. The largest absolute Gasteiger partial charge is 0.452 e. The van der Waals surface area contributed by atoms with Crippen molar-refractivity contribution in [3.05, 3.63) is 56.5 Å². The molecule has 0 bridgehead atoms. The van der Waals surface area contributed by atoms with Gasteiger partial charge < -0.3 is 9.26 Å². The maximum Gasteiger partial charge on any atom is 0.340 e. The first-order chi connectivity index (χ1) is 10.6. The van der Waals surface area contributed by atoms with Crippen LogP contribution in [0, 0.1) is 0 Å². The summed E-state index contributed by atoms with van der Waals surface area (Å²) < 4.78 is 10.1. The molecule has 3 rings (SSSR count). The molecule has 8 heteroatoms. The topological polar surface area (TPSA) is 65.2 Å². The van der Waals surface area contributed by atoms with Crippen molar-refractivity contribution >= 4 is 40.5 Å². The van der Waals surface area contributed by atoms with E-state index < -0.39 is 5.97 Å². The first kappa shape index (κ1) is 15.0. The van der Waals surface area contributed by atoms with Crippen LogP contribution < -0.4 is 0 Å². The van der Waals surface area contributed by atoms with E-state index in [1.807, 2.05) is 16.8 Å². The van der Waals surface area contributed by atoms with E-state index in [0.717, 1.165) is 5.56 Å². The zero-order valence-electron chi connectivity index (χ0n) is 11.0. The van der Waals surface area contributed by atoms with E-state index in [-0.39, 0.29) is 23.1 Å². The van der Waals surface area contributed by atoms with Crippen molar-refractivity contribution in [3.8, 4) is 11.4 Å². The predicted molar refractivity (Wildman–Crippen MR) is 83.2 cm³/mol. The Labute approximate surface area is 139 Å². The fourth-order valence-electron chi connectivity index (χ4n) is 1.68. The van der Waals surface area contributed by atoms with Gasteiger partial charge in [-0.15, -0.1) is 0 Å². The number of thiophene rings is 1. The van der Waals surface area contributed by atoms with Crippen LogP contribution in [0.15, 0.2) is 39.5 Å². The highest BCUT2D eigenvalue weighted by atomic mass is 35.5. The van der Waals surface area contributed by atoms with Crippen molar-refractivity contribution < 1.29 is 14.1 Å². The second-order valence-corrected chi connectivity index (χ2v) is 5.85. The van der Waals surface area contributed by atoms with Crippen molar-refractivity contribution in [1.82, 2.24) is 10.1 Å². The summed E-state index contributed by atoms with van der Waals surface area (Å²) in [6.45, 7) is -0.130. The van der Waals surface area contributed by atoms with Crippen molar-refractivity contribution in [2.45, 2.75) is 6.61 Å². The lowest BCUT2D eigenvalue weighted by atomic mass is 10.2. The lowest BCUT2D eigenvalue weighted by Crippen LogP contribution is -2.06. The summed E-state index contributed by atoms with van der Waals surface area (Å²) >= 11 is 13.2. The summed E-state index contributed by atoms with van der Waals surface area (Å²) in [6.07, 6.45) is 0. The van der Waals surface area contributed by atoms with Crippen LogP contribution in [-0.2, 0) is 11.3 Å². The Morgan fingerprint density at radius 1 is 1.32 bits per heavy atom. The summed E-state index contributed by atoms with van der Waals surface area (Å²) in [4.78, 5) is 16.1. The van der Waals surface area contributed by atoms with Gasteiger partial charge in [-0.1, -0.05) is 28.4 Å². The Morgan fingerprint density at radius 2 is 2.18 bits per heavy atom. The number of hydrogen-bond acceptors (Lipinski definition) is 6. The van der Waals surface area contributed by atoms with E-state index >= 15 is 0 Å². The maximum atomic E-state index is 11.9. The Balaban J connectivity index is 1.66. The first-order valence-electron chi connectivity index (χ1n) is 6.11. The molecule has 3 aromatic rings. The van der Waals surface area contributed by atoms with Gasteiger partial charge in [-0.25, -0.2) is 4.79 Å². The summed E-state index contributed by atoms with van der Waals surface area (Å²) in [5.41, 5.74) is 1.08. The van der Waals surface area contributed by atoms with Gasteiger partial charge in [-0.2, -0.15) is 16.3 Å². The zero-order valence-corrected chi connectivity index (χ0v) is 13.3. The van der Waals surface area contributed by atoms with Gasteiger partial charge in [-0.05, 0) is 29.6 Å². The molecule has 2 heterocycles. The van der Waals surface area contributed by atoms with Crippen molar-refractivity contribution in [1.29, 1.82) is 0 Å². The molecule has 0 aliphatic carbocycles. The van der Waals surface area contributed by atoms with Gasteiger partial charge in [0.1, 0.15) is 0 Å². The number of hydrogen-bond donors (Lipinski definition) is 0. The molecule has 22 heavy (non-hydrogen) atoms. The third kappa shape index (κ3) is 3.30. The third-order valence-electron chi connectivity index (χ3n) is 2.73. The molecular weight excluding hydrogens is 347 g/mol. The maximum absolute atomic E-state index is 11.9. The number of aromatic nitrogens is 2. The minimum atomic E-state index is -0.586. The van der Waals surface area contributed by atoms with Crippen LogP contribution in [0.25, 0.3) is 11.4 Å². The van der Waals surface area contributed by atoms with Crippen molar-refractivity contribution in [2.75, 3.05) is 0 Å². The van der Waals surface area contributed by atoms with Gasteiger partial charge in [0.25, 0.3) is 5.89 Å². The Bertz CT molecular complexity index is 802. The normalized spacial score (nSPS) is 10.6. The number of halogens is 2. The minimum absolute atomic E-state index is 0.130. The number of esters is 1. The summed E-state index contributed by atoms with van der Waals surface area (Å²) in [7, 11) is 0. The number of rotatable bonds is 4. The molecule has 0 aliphatic heterocycles. The SMILES string of the molecule is O=C(OCc1nc(-c2ccsc2)no1)c1ccc(Cl)cc1Cl. The van der Waals surface area contributed by atoms with Crippen molar-refractivity contribution in [2.24, 2.45) is 0 Å². The first-order valence-corrected chi connectivity index (χ1v) is 7.80. The third-order valence-corrected chi connectivity index (χ3v) is 3.96. The molecule has 0 saturated carbocycles. The lowest BCUT2D eigenvalue weighted by molar-refractivity contribution is 0.0430. The molecule has 0 spiro atoms. The summed E-state index contributed by atoms with van der Waals surface area (Å²) in [5, 5.41) is 8.30. The van der Waals surface area contributed by atoms with E-state index in [4.69, 9.17) is 32.5 Å². The molecular formula is C14H8Cl2N2O3S. The van der Waals surface area contributed by atoms with E-state index in [2.05, 4.69) is 10.1 Å². The number of carbonyl (C=O) groups is 1. The molecule has 0 atom stereocenters. The number of carbonyl (C=O) groups excluding carboxylic acids is 1. The number of ether oxygens (including phenoxy) is 1. The van der Waals surface area contributed by atoms with Gasteiger partial charge in [-0.3, -0.25) is 0 Å². The number of benzene rings is 1. The van der Waals surface area contributed by atoms with Gasteiger partial charge >= 0.3 is 5.97 Å². The van der Waals surface area contributed by atoms with Crippen LogP contribution in [0.4, 0.5) is 0 Å². The van der Waals surface area contributed by atoms with Crippen LogP contribution in [0.2, 0.25) is 10.0 Å². The molecule has 2 aromatic heterocycles. The quantitative estimate of drug-likeness (QED) is 0.647. The minimum Gasteiger partial charge on any atom is -0.452 e. The second-order valence-electron chi connectivity index (χ2n) is 4.22. The molecule has 0 amide bonds. The molecule has 0 fully saturated rings. The highest BCUT2D eigenvalue weighted by Gasteiger charge is 2.15. The van der Waals surface area contributed by atoms with Crippen molar-refractivity contribution in [3.63, 3.8) is 0 Å². The Hall–Kier alpha value is -1.89. The van der Waals surface area contributed by atoms with Crippen LogP contribution in [0.5, 0.6) is 0 Å². The number of nitrogens with zero attached hydrogens (tertiary/aromatic N) is 2. The molecule has 5 nitrogen and oxygen atoms in total. The molecule has 0 aliphatic rings. The van der Waals surface area contributed by atoms with Crippen LogP contribution in [-0.4, -0.2) is 16.1 Å². The summed E-state index contributed by atoms with van der Waals surface area (Å²) in [6, 6.07) is 6.41. The fourth-order valence-corrected chi connectivity index (χ4v) is 2.80. The van der Waals surface area contributed by atoms with Crippen LogP contribution in [0.1, 0.15) is 16.2 Å². The zero-order chi connectivity index (χ0) is 15.5. The predicted octanol–water partition coefficient (Wildman–Crippen LogP) is 4.46. The second kappa shape index (κ2) is 6.48. The molecule has 0 N–H and O–H groups in total. The molecule has 1 aromatic carbocycles. The highest BCUT2D eigenvalue weighted by molar-refractivity contribution is 7.08. The van der Waals surface area contributed by atoms with Crippen LogP contribution >= 0.6 is 34.5 Å². The average Bonchev–Trinajstić information content (AvgIpc) is 3.16. The monoisotopic (exact) mass is 354 g/mol. The van der Waals surface area contributed by atoms with E-state index in [1.165, 1.54) is 23.5 Å². The molecule has 0 unspecified atom stereocenters. The smallest absolute Gasteiger partial charge is 0.340 e. The lowest BCUT2D eigenvalue weighted by Gasteiger charge is -2.04. The van der Waals surface area contributed by atoms with Crippen LogP contribution in [0.3, 0.4) is 0 Å². The van der Waals surface area contributed by atoms with Gasteiger partial charge in [0.15, 0.2) is 6.61 Å². The van der Waals surface area contributed by atoms with Gasteiger partial charge in [0, 0.05) is 16.0 Å². The van der Waals surface area contributed by atoms with E-state index in [9.17, 15) is 4.79 Å². The Morgan fingerprint density at radius 3 is 2.91 bits per heavy atom. The van der Waals surface area contributed by atoms with Gasteiger partial charge in [0.05, 0.1) is 10.6 Å². The Kier molecular flexibility index (Phi) is 4.42. The van der Waals surface area contributed by atoms with Gasteiger partial charge in [0.2, 0.25) is 5.82 Å². The van der Waals surface area contributed by atoms with E-state index in [0.29, 0.717) is 10.8 Å². The molecule has 0 saturated heterocycles. The molecule has 112 valence electrons. The van der Waals surface area contributed by atoms with E-state index in [1.54, 1.807) is 6.07 Å². The average molecular weight is 355 g/mol. The standard InChI is InChI=1S/C14H8Cl2N2O3S/c15-9-1-2-10(11(16)5-9)14(19)20-6-12-17-13(18-21-12)8-3-4-22-7-8/h1-5,7H,6H2.